The minimum absolute atomic E-state index is 0.0116. The molecule has 1 saturated heterocycles. The van der Waals surface area contributed by atoms with E-state index in [1.165, 1.54) is 0 Å². The van der Waals surface area contributed by atoms with E-state index in [9.17, 15) is 4.79 Å². The zero-order valence-corrected chi connectivity index (χ0v) is 21.7. The number of anilines is 1. The molecule has 8 nitrogen and oxygen atoms in total. The van der Waals surface area contributed by atoms with Crippen molar-refractivity contribution in [1.82, 2.24) is 20.5 Å². The fourth-order valence-electron chi connectivity index (χ4n) is 4.36. The molecule has 0 atom stereocenters. The third kappa shape index (κ3) is 5.89. The minimum Gasteiger partial charge on any atom is -0.497 e. The molecular formula is C28H29N5O3S. The lowest BCUT2D eigenvalue weighted by molar-refractivity contribution is -0.125. The highest BCUT2D eigenvalue weighted by molar-refractivity contribution is 7.13. The number of nitrogens with zero attached hydrogens (tertiary/aromatic N) is 4. The van der Waals surface area contributed by atoms with Crippen LogP contribution in [0.15, 0.2) is 66.0 Å². The van der Waals surface area contributed by atoms with Gasteiger partial charge in [0, 0.05) is 35.5 Å². The second kappa shape index (κ2) is 11.4. The maximum Gasteiger partial charge on any atom is 0.223 e. The number of carbonyl (C=O) groups is 1. The number of amides is 1. The molecule has 1 aliphatic rings. The normalized spacial score (nSPS) is 13.8. The SMILES string of the molecule is COc1ccc(-c2ccc(N3CCC(C(=O)NCc4csc(-c5ccc(OC)cc5)n4)CC3)nn2)cc1. The molecule has 0 bridgehead atoms. The highest BCUT2D eigenvalue weighted by Gasteiger charge is 2.26. The number of benzene rings is 2. The van der Waals surface area contributed by atoms with Gasteiger partial charge in [-0.05, 0) is 73.5 Å². The van der Waals surface area contributed by atoms with Crippen LogP contribution < -0.4 is 19.7 Å². The Kier molecular flexibility index (Phi) is 7.60. The van der Waals surface area contributed by atoms with Gasteiger partial charge in [0.2, 0.25) is 5.91 Å². The number of aromatic nitrogens is 3. The fraction of sp³-hybridized carbons (Fsp3) is 0.286. The van der Waals surface area contributed by atoms with Crippen molar-refractivity contribution >= 4 is 23.1 Å². The van der Waals surface area contributed by atoms with Crippen molar-refractivity contribution in [2.24, 2.45) is 5.92 Å². The molecule has 190 valence electrons. The van der Waals surface area contributed by atoms with E-state index in [4.69, 9.17) is 9.47 Å². The van der Waals surface area contributed by atoms with Crippen LogP contribution in [-0.2, 0) is 11.3 Å². The molecule has 9 heteroatoms. The van der Waals surface area contributed by atoms with E-state index in [1.807, 2.05) is 66.0 Å². The van der Waals surface area contributed by atoms with Crippen molar-refractivity contribution in [3.8, 4) is 33.3 Å². The van der Waals surface area contributed by atoms with Gasteiger partial charge < -0.3 is 19.7 Å². The zero-order valence-electron chi connectivity index (χ0n) is 20.9. The summed E-state index contributed by atoms with van der Waals surface area (Å²) in [6.07, 6.45) is 1.56. The number of thiazole rings is 1. The van der Waals surface area contributed by atoms with Gasteiger partial charge in [0.25, 0.3) is 0 Å². The summed E-state index contributed by atoms with van der Waals surface area (Å²) in [7, 11) is 3.30. The summed E-state index contributed by atoms with van der Waals surface area (Å²) in [5, 5.41) is 14.8. The molecule has 1 amide bonds. The summed E-state index contributed by atoms with van der Waals surface area (Å²) >= 11 is 1.57. The van der Waals surface area contributed by atoms with Gasteiger partial charge in [0.05, 0.1) is 32.2 Å². The van der Waals surface area contributed by atoms with Gasteiger partial charge in [-0.15, -0.1) is 21.5 Å². The Morgan fingerprint density at radius 1 is 0.919 bits per heavy atom. The van der Waals surface area contributed by atoms with Crippen molar-refractivity contribution in [2.75, 3.05) is 32.2 Å². The number of hydrogen-bond donors (Lipinski definition) is 1. The Morgan fingerprint density at radius 2 is 1.57 bits per heavy atom. The van der Waals surface area contributed by atoms with E-state index in [2.05, 4.69) is 25.4 Å². The van der Waals surface area contributed by atoms with Crippen LogP contribution in [0.1, 0.15) is 18.5 Å². The summed E-state index contributed by atoms with van der Waals surface area (Å²) in [4.78, 5) is 19.7. The number of nitrogens with one attached hydrogen (secondary N) is 1. The van der Waals surface area contributed by atoms with Crippen molar-refractivity contribution in [3.05, 3.63) is 71.7 Å². The third-order valence-corrected chi connectivity index (χ3v) is 7.50. The average molecular weight is 516 g/mol. The minimum atomic E-state index is -0.0116. The van der Waals surface area contributed by atoms with Crippen molar-refractivity contribution in [1.29, 1.82) is 0 Å². The van der Waals surface area contributed by atoms with E-state index in [1.54, 1.807) is 25.6 Å². The standard InChI is InChI=1S/C28H29N5O3S/c1-35-23-7-3-19(4-8-23)25-11-12-26(32-31-25)33-15-13-20(14-16-33)27(34)29-17-22-18-37-28(30-22)21-5-9-24(36-2)10-6-21/h3-12,18,20H,13-17H2,1-2H3,(H,29,34). The van der Waals surface area contributed by atoms with Crippen LogP contribution in [0.5, 0.6) is 11.5 Å². The first-order chi connectivity index (χ1) is 18.1. The number of hydrogen-bond acceptors (Lipinski definition) is 8. The fourth-order valence-corrected chi connectivity index (χ4v) is 5.18. The first-order valence-electron chi connectivity index (χ1n) is 12.2. The van der Waals surface area contributed by atoms with Gasteiger partial charge in [-0.25, -0.2) is 4.98 Å². The van der Waals surface area contributed by atoms with Crippen LogP contribution in [0, 0.1) is 5.92 Å². The lowest BCUT2D eigenvalue weighted by Gasteiger charge is -2.31. The summed E-state index contributed by atoms with van der Waals surface area (Å²) in [6, 6.07) is 19.6. The smallest absolute Gasteiger partial charge is 0.223 e. The number of methoxy groups -OCH3 is 2. The number of rotatable bonds is 8. The van der Waals surface area contributed by atoms with Gasteiger partial charge in [-0.2, -0.15) is 0 Å². The van der Waals surface area contributed by atoms with E-state index in [0.717, 1.165) is 70.8 Å². The second-order valence-corrected chi connectivity index (χ2v) is 9.72. The van der Waals surface area contributed by atoms with Gasteiger partial charge in [-0.3, -0.25) is 4.79 Å². The number of piperidine rings is 1. The molecule has 1 aliphatic heterocycles. The van der Waals surface area contributed by atoms with Gasteiger partial charge in [0.15, 0.2) is 5.82 Å². The Morgan fingerprint density at radius 3 is 2.16 bits per heavy atom. The lowest BCUT2D eigenvalue weighted by atomic mass is 9.96. The van der Waals surface area contributed by atoms with Crippen LogP contribution in [0.3, 0.4) is 0 Å². The summed E-state index contributed by atoms with van der Waals surface area (Å²) in [5.74, 6) is 2.54. The first kappa shape index (κ1) is 24.7. The molecule has 0 aliphatic carbocycles. The molecular weight excluding hydrogens is 486 g/mol. The molecule has 0 unspecified atom stereocenters. The van der Waals surface area contributed by atoms with Crippen LogP contribution in [-0.4, -0.2) is 48.4 Å². The van der Waals surface area contributed by atoms with Crippen LogP contribution in [0.4, 0.5) is 5.82 Å². The summed E-state index contributed by atoms with van der Waals surface area (Å²) in [6.45, 7) is 1.98. The molecule has 0 spiro atoms. The molecule has 37 heavy (non-hydrogen) atoms. The topological polar surface area (TPSA) is 89.5 Å². The molecule has 1 fully saturated rings. The second-order valence-electron chi connectivity index (χ2n) is 8.86. The monoisotopic (exact) mass is 515 g/mol. The summed E-state index contributed by atoms with van der Waals surface area (Å²) < 4.78 is 10.4. The maximum atomic E-state index is 12.8. The van der Waals surface area contributed by atoms with Crippen LogP contribution in [0.2, 0.25) is 0 Å². The van der Waals surface area contributed by atoms with E-state index in [0.29, 0.717) is 6.54 Å². The van der Waals surface area contributed by atoms with Crippen molar-refractivity contribution in [2.45, 2.75) is 19.4 Å². The molecule has 1 N–H and O–H groups in total. The highest BCUT2D eigenvalue weighted by atomic mass is 32.1. The number of carbonyl (C=O) groups excluding carboxylic acids is 1. The van der Waals surface area contributed by atoms with Crippen LogP contribution >= 0.6 is 11.3 Å². The van der Waals surface area contributed by atoms with Crippen LogP contribution in [0.25, 0.3) is 21.8 Å². The first-order valence-corrected chi connectivity index (χ1v) is 13.1. The summed E-state index contributed by atoms with van der Waals surface area (Å²) in [5.41, 5.74) is 3.72. The van der Waals surface area contributed by atoms with E-state index >= 15 is 0 Å². The molecule has 4 aromatic rings. The molecule has 5 rings (SSSR count). The quantitative estimate of drug-likeness (QED) is 0.360. The largest absolute Gasteiger partial charge is 0.497 e. The van der Waals surface area contributed by atoms with E-state index < -0.39 is 0 Å². The highest BCUT2D eigenvalue weighted by Crippen LogP contribution is 2.27. The Bertz CT molecular complexity index is 1320. The average Bonchev–Trinajstić information content (AvgIpc) is 3.45. The molecule has 2 aromatic heterocycles. The van der Waals surface area contributed by atoms with Gasteiger partial charge in [0.1, 0.15) is 16.5 Å². The lowest BCUT2D eigenvalue weighted by Crippen LogP contribution is -2.40. The molecule has 3 heterocycles. The van der Waals surface area contributed by atoms with Crippen molar-refractivity contribution < 1.29 is 14.3 Å². The maximum absolute atomic E-state index is 12.8. The Balaban J connectivity index is 1.10. The van der Waals surface area contributed by atoms with E-state index in [-0.39, 0.29) is 11.8 Å². The molecule has 2 aromatic carbocycles. The number of ether oxygens (including phenoxy) is 2. The van der Waals surface area contributed by atoms with Crippen molar-refractivity contribution in [3.63, 3.8) is 0 Å². The predicted octanol–water partition coefficient (Wildman–Crippen LogP) is 4.82. The Labute approximate surface area is 220 Å². The Hall–Kier alpha value is -3.98. The van der Waals surface area contributed by atoms with Gasteiger partial charge in [-0.1, -0.05) is 0 Å². The third-order valence-electron chi connectivity index (χ3n) is 6.56. The zero-order chi connectivity index (χ0) is 25.6. The molecule has 0 radical (unpaired) electrons. The van der Waals surface area contributed by atoms with Gasteiger partial charge >= 0.3 is 0 Å². The molecule has 0 saturated carbocycles. The predicted molar refractivity (Wildman–Crippen MR) is 145 cm³/mol.